The lowest BCUT2D eigenvalue weighted by Crippen LogP contribution is -2.39. The van der Waals surface area contributed by atoms with Gasteiger partial charge in [-0.25, -0.2) is 23.1 Å². The van der Waals surface area contributed by atoms with Gasteiger partial charge in [-0.2, -0.15) is 13.2 Å². The summed E-state index contributed by atoms with van der Waals surface area (Å²) < 4.78 is 84.6. The predicted molar refractivity (Wildman–Crippen MR) is 118 cm³/mol. The van der Waals surface area contributed by atoms with Gasteiger partial charge in [-0.05, 0) is 30.7 Å². The van der Waals surface area contributed by atoms with E-state index in [2.05, 4.69) is 14.7 Å². The van der Waals surface area contributed by atoms with Crippen molar-refractivity contribution in [3.8, 4) is 11.5 Å². The first kappa shape index (κ1) is 23.4. The molecule has 5 rings (SSSR count). The highest BCUT2D eigenvalue weighted by molar-refractivity contribution is 7.92. The van der Waals surface area contributed by atoms with Gasteiger partial charge in [0.1, 0.15) is 17.6 Å². The third kappa shape index (κ3) is 4.89. The highest BCUT2D eigenvalue weighted by Gasteiger charge is 2.34. The summed E-state index contributed by atoms with van der Waals surface area (Å²) in [7, 11) is -3.99. The Balaban J connectivity index is 1.49. The molecule has 184 valence electrons. The first-order valence-corrected chi connectivity index (χ1v) is 12.2. The molecule has 0 bridgehead atoms. The number of rotatable bonds is 6. The van der Waals surface area contributed by atoms with E-state index in [-0.39, 0.29) is 35.2 Å². The van der Waals surface area contributed by atoms with E-state index >= 15 is 0 Å². The molecule has 1 fully saturated rings. The van der Waals surface area contributed by atoms with Crippen molar-refractivity contribution in [2.75, 3.05) is 24.5 Å². The Morgan fingerprint density at radius 2 is 1.77 bits per heavy atom. The fourth-order valence-electron chi connectivity index (χ4n) is 3.95. The van der Waals surface area contributed by atoms with Crippen molar-refractivity contribution in [1.29, 1.82) is 0 Å². The minimum Gasteiger partial charge on any atom is -0.493 e. The second-order valence-corrected chi connectivity index (χ2v) is 9.78. The second-order valence-electron chi connectivity index (χ2n) is 8.09. The number of alkyl halides is 3. The van der Waals surface area contributed by atoms with Gasteiger partial charge in [-0.15, -0.1) is 0 Å². The van der Waals surface area contributed by atoms with Gasteiger partial charge in [-0.1, -0.05) is 12.1 Å². The number of nitrogens with zero attached hydrogens (tertiary/aromatic N) is 2. The molecular weight excluding hydrogens is 487 g/mol. The van der Waals surface area contributed by atoms with Crippen molar-refractivity contribution in [2.24, 2.45) is 0 Å². The molecule has 1 aromatic heterocycles. The smallest absolute Gasteiger partial charge is 0.416 e. The van der Waals surface area contributed by atoms with Crippen LogP contribution >= 0.6 is 0 Å². The number of fused-ring (bicyclic) bond motifs is 1. The summed E-state index contributed by atoms with van der Waals surface area (Å²) >= 11 is 0. The maximum atomic E-state index is 13.4. The molecule has 8 nitrogen and oxygen atoms in total. The molecule has 1 atom stereocenters. The van der Waals surface area contributed by atoms with Gasteiger partial charge >= 0.3 is 6.18 Å². The van der Waals surface area contributed by atoms with Gasteiger partial charge in [0.2, 0.25) is 5.95 Å². The summed E-state index contributed by atoms with van der Waals surface area (Å²) in [5.74, 6) is 0.0382. The van der Waals surface area contributed by atoms with E-state index in [1.54, 1.807) is 12.1 Å². The van der Waals surface area contributed by atoms with Gasteiger partial charge in [-0.3, -0.25) is 0 Å². The summed E-state index contributed by atoms with van der Waals surface area (Å²) in [6.45, 7) is 0.863. The van der Waals surface area contributed by atoms with Crippen molar-refractivity contribution < 1.29 is 35.8 Å². The van der Waals surface area contributed by atoms with E-state index < -0.39 is 21.8 Å². The van der Waals surface area contributed by atoms with E-state index in [9.17, 15) is 21.6 Å². The standard InChI is InChI=1S/C23H20F3N3O5S/c24-23(25,26)14-2-4-19(21(10-14)34-15-12-32-13-15)17-6-9-33-20-11-16(3-5-18(17)20)35(30,31)29-22-27-7-1-8-28-22/h1-5,7-8,10-11,15,17H,6,9,12-13H2,(H,27,28,29). The van der Waals surface area contributed by atoms with Crippen LogP contribution in [-0.4, -0.2) is 44.3 Å². The van der Waals surface area contributed by atoms with Crippen LogP contribution in [0.25, 0.3) is 0 Å². The molecule has 2 aliphatic rings. The molecule has 2 aliphatic heterocycles. The SMILES string of the molecule is O=S(=O)(Nc1ncccn1)c1ccc2c(c1)OCCC2c1ccc(C(F)(F)F)cc1OC1COC1. The molecule has 3 aromatic rings. The van der Waals surface area contributed by atoms with Crippen LogP contribution in [-0.2, 0) is 20.9 Å². The first-order valence-electron chi connectivity index (χ1n) is 10.7. The van der Waals surface area contributed by atoms with Crippen LogP contribution in [0.5, 0.6) is 11.5 Å². The number of halogens is 3. The molecule has 35 heavy (non-hydrogen) atoms. The van der Waals surface area contributed by atoms with Crippen LogP contribution in [0.4, 0.5) is 19.1 Å². The molecule has 1 saturated heterocycles. The Morgan fingerprint density at radius 3 is 2.46 bits per heavy atom. The Bertz CT molecular complexity index is 1330. The second kappa shape index (κ2) is 9.00. The van der Waals surface area contributed by atoms with Crippen molar-refractivity contribution in [2.45, 2.75) is 29.5 Å². The molecule has 0 aliphatic carbocycles. The van der Waals surface area contributed by atoms with Crippen molar-refractivity contribution >= 4 is 16.0 Å². The monoisotopic (exact) mass is 507 g/mol. The third-order valence-electron chi connectivity index (χ3n) is 5.74. The topological polar surface area (TPSA) is 99.6 Å². The number of sulfonamides is 1. The number of hydrogen-bond donors (Lipinski definition) is 1. The number of nitrogens with one attached hydrogen (secondary N) is 1. The molecule has 3 heterocycles. The lowest BCUT2D eigenvalue weighted by Gasteiger charge is -2.31. The van der Waals surface area contributed by atoms with E-state index in [0.29, 0.717) is 36.5 Å². The predicted octanol–water partition coefficient (Wildman–Crippen LogP) is 3.99. The quantitative estimate of drug-likeness (QED) is 0.539. The summed E-state index contributed by atoms with van der Waals surface area (Å²) in [6, 6.07) is 9.40. The van der Waals surface area contributed by atoms with E-state index in [0.717, 1.165) is 12.1 Å². The third-order valence-corrected chi connectivity index (χ3v) is 7.07. The fourth-order valence-corrected chi connectivity index (χ4v) is 4.93. The molecule has 0 amide bonds. The molecule has 0 saturated carbocycles. The van der Waals surface area contributed by atoms with Gasteiger partial charge < -0.3 is 14.2 Å². The molecule has 1 N–H and O–H groups in total. The maximum absolute atomic E-state index is 13.4. The Kier molecular flexibility index (Phi) is 6.01. The molecule has 0 spiro atoms. The Labute approximate surface area is 199 Å². The number of aromatic nitrogens is 2. The van der Waals surface area contributed by atoms with E-state index in [1.807, 2.05) is 0 Å². The van der Waals surface area contributed by atoms with Gasteiger partial charge in [0.25, 0.3) is 10.0 Å². The minimum absolute atomic E-state index is 0.0557. The van der Waals surface area contributed by atoms with Gasteiger partial charge in [0, 0.05) is 35.5 Å². The molecule has 1 unspecified atom stereocenters. The normalized spacial score (nSPS) is 18.2. The molecule has 12 heteroatoms. The summed E-state index contributed by atoms with van der Waals surface area (Å²) in [6.07, 6.45) is -1.54. The summed E-state index contributed by atoms with van der Waals surface area (Å²) in [5, 5.41) is 0. The zero-order valence-electron chi connectivity index (χ0n) is 18.2. The number of anilines is 1. The van der Waals surface area contributed by atoms with Crippen LogP contribution in [0, 0.1) is 0 Å². The summed E-state index contributed by atoms with van der Waals surface area (Å²) in [4.78, 5) is 7.67. The van der Waals surface area contributed by atoms with Crippen molar-refractivity contribution in [3.63, 3.8) is 0 Å². The summed E-state index contributed by atoms with van der Waals surface area (Å²) in [5.41, 5.74) is 0.418. The van der Waals surface area contributed by atoms with Crippen LogP contribution < -0.4 is 14.2 Å². The Morgan fingerprint density at radius 1 is 1.03 bits per heavy atom. The molecule has 2 aromatic carbocycles. The largest absolute Gasteiger partial charge is 0.493 e. The van der Waals surface area contributed by atoms with Gasteiger partial charge in [0.15, 0.2) is 0 Å². The number of benzene rings is 2. The zero-order chi connectivity index (χ0) is 24.6. The van der Waals surface area contributed by atoms with Gasteiger partial charge in [0.05, 0.1) is 30.3 Å². The first-order chi connectivity index (χ1) is 16.7. The maximum Gasteiger partial charge on any atom is 0.416 e. The van der Waals surface area contributed by atoms with Crippen LogP contribution in [0.2, 0.25) is 0 Å². The zero-order valence-corrected chi connectivity index (χ0v) is 19.0. The highest BCUT2D eigenvalue weighted by atomic mass is 32.2. The van der Waals surface area contributed by atoms with Crippen molar-refractivity contribution in [1.82, 2.24) is 9.97 Å². The Hall–Kier alpha value is -3.38. The fraction of sp³-hybridized carbons (Fsp3) is 0.304. The lowest BCUT2D eigenvalue weighted by atomic mass is 9.85. The average Bonchev–Trinajstić information content (AvgIpc) is 2.80. The number of hydrogen-bond acceptors (Lipinski definition) is 7. The van der Waals surface area contributed by atoms with Crippen molar-refractivity contribution in [3.05, 3.63) is 71.5 Å². The van der Waals surface area contributed by atoms with E-state index in [1.165, 1.54) is 30.6 Å². The number of ether oxygens (including phenoxy) is 3. The molecule has 0 radical (unpaired) electrons. The van der Waals surface area contributed by atoms with Crippen LogP contribution in [0.15, 0.2) is 59.8 Å². The van der Waals surface area contributed by atoms with Crippen LogP contribution in [0.3, 0.4) is 0 Å². The molecular formula is C23H20F3N3O5S. The van der Waals surface area contributed by atoms with Crippen LogP contribution in [0.1, 0.15) is 29.0 Å². The minimum atomic E-state index is -4.51. The average molecular weight is 507 g/mol. The highest BCUT2D eigenvalue weighted by Crippen LogP contribution is 2.44. The lowest BCUT2D eigenvalue weighted by molar-refractivity contribution is -0.138. The van der Waals surface area contributed by atoms with E-state index in [4.69, 9.17) is 14.2 Å².